The van der Waals surface area contributed by atoms with Crippen molar-refractivity contribution in [3.63, 3.8) is 0 Å². The fourth-order valence-electron chi connectivity index (χ4n) is 3.47. The van der Waals surface area contributed by atoms with E-state index in [-0.39, 0.29) is 28.1 Å². The predicted molar refractivity (Wildman–Crippen MR) is 75.6 cm³/mol. The van der Waals surface area contributed by atoms with Gasteiger partial charge in [-0.25, -0.2) is 4.39 Å². The van der Waals surface area contributed by atoms with E-state index in [0.717, 1.165) is 25.7 Å². The van der Waals surface area contributed by atoms with E-state index < -0.39 is 5.82 Å². The number of rotatable bonds is 2. The summed E-state index contributed by atoms with van der Waals surface area (Å²) in [6, 6.07) is 4.50. The molecule has 3 rings (SSSR count). The number of carbonyl (C=O) groups excluding carboxylic acids is 1. The summed E-state index contributed by atoms with van der Waals surface area (Å²) in [6.45, 7) is 0. The summed E-state index contributed by atoms with van der Waals surface area (Å²) in [4.78, 5) is 12.1. The molecule has 0 heterocycles. The maximum atomic E-state index is 13.8. The van der Waals surface area contributed by atoms with Crippen molar-refractivity contribution in [2.24, 2.45) is 5.41 Å². The van der Waals surface area contributed by atoms with Crippen LogP contribution in [0.4, 0.5) is 4.39 Å². The molecule has 4 heteroatoms. The number of ether oxygens (including phenoxy) is 1. The smallest absolute Gasteiger partial charge is 0.173 e. The van der Waals surface area contributed by atoms with E-state index in [1.807, 2.05) is 0 Å². The Balaban J connectivity index is 1.82. The third-order valence-corrected chi connectivity index (χ3v) is 5.01. The summed E-state index contributed by atoms with van der Waals surface area (Å²) < 4.78 is 19.6. The first-order valence-corrected chi connectivity index (χ1v) is 7.65. The predicted octanol–water partition coefficient (Wildman–Crippen LogP) is 4.54. The second-order valence-corrected chi connectivity index (χ2v) is 6.26. The lowest BCUT2D eigenvalue weighted by molar-refractivity contribution is -0.154. The Bertz CT molecular complexity index is 501. The first-order valence-electron chi connectivity index (χ1n) is 7.27. The number of Topliss-reactive ketones (excluding diaryl/α,β-unsaturated/α-hetero) is 1. The van der Waals surface area contributed by atoms with Crippen LogP contribution < -0.4 is 4.74 Å². The summed E-state index contributed by atoms with van der Waals surface area (Å²) in [7, 11) is 0. The van der Waals surface area contributed by atoms with Crippen molar-refractivity contribution in [3.05, 3.63) is 29.0 Å². The molecule has 0 saturated heterocycles. The number of hydrogen-bond acceptors (Lipinski definition) is 2. The zero-order chi connectivity index (χ0) is 14.2. The maximum absolute atomic E-state index is 13.8. The fourth-order valence-corrected chi connectivity index (χ4v) is 3.68. The van der Waals surface area contributed by atoms with Gasteiger partial charge in [-0.15, -0.1) is 0 Å². The van der Waals surface area contributed by atoms with Gasteiger partial charge in [0.1, 0.15) is 11.9 Å². The van der Waals surface area contributed by atoms with Crippen molar-refractivity contribution in [1.82, 2.24) is 0 Å². The molecule has 108 valence electrons. The van der Waals surface area contributed by atoms with Crippen LogP contribution >= 0.6 is 11.6 Å². The molecule has 0 aliphatic heterocycles. The van der Waals surface area contributed by atoms with Crippen molar-refractivity contribution in [2.75, 3.05) is 0 Å². The fraction of sp³-hybridized carbons (Fsp3) is 0.562. The molecule has 0 amide bonds. The molecule has 0 N–H and O–H groups in total. The van der Waals surface area contributed by atoms with Crippen molar-refractivity contribution >= 4 is 17.4 Å². The first-order chi connectivity index (χ1) is 9.63. The van der Waals surface area contributed by atoms with Crippen molar-refractivity contribution < 1.29 is 13.9 Å². The lowest BCUT2D eigenvalue weighted by atomic mass is 9.60. The number of ketones is 1. The Morgan fingerprint density at radius 2 is 1.90 bits per heavy atom. The quantitative estimate of drug-likeness (QED) is 0.801. The Labute approximate surface area is 123 Å². The van der Waals surface area contributed by atoms with Gasteiger partial charge in [0.25, 0.3) is 0 Å². The van der Waals surface area contributed by atoms with Crippen LogP contribution in [0.5, 0.6) is 5.75 Å². The van der Waals surface area contributed by atoms with Crippen molar-refractivity contribution in [1.29, 1.82) is 0 Å². The Morgan fingerprint density at radius 1 is 1.20 bits per heavy atom. The zero-order valence-corrected chi connectivity index (χ0v) is 12.1. The molecule has 2 nitrogen and oxygen atoms in total. The van der Waals surface area contributed by atoms with Crippen LogP contribution in [-0.4, -0.2) is 11.9 Å². The van der Waals surface area contributed by atoms with Crippen LogP contribution in [0.2, 0.25) is 5.02 Å². The highest BCUT2D eigenvalue weighted by Gasteiger charge is 2.56. The molecule has 2 aliphatic carbocycles. The van der Waals surface area contributed by atoms with E-state index in [1.165, 1.54) is 18.9 Å². The van der Waals surface area contributed by atoms with Crippen molar-refractivity contribution in [3.8, 4) is 5.75 Å². The molecule has 1 spiro atoms. The van der Waals surface area contributed by atoms with Crippen LogP contribution in [0.15, 0.2) is 18.2 Å². The molecule has 1 unspecified atom stereocenters. The van der Waals surface area contributed by atoms with Gasteiger partial charge in [0.15, 0.2) is 11.6 Å². The Morgan fingerprint density at radius 3 is 2.50 bits per heavy atom. The second kappa shape index (κ2) is 5.36. The van der Waals surface area contributed by atoms with Gasteiger partial charge in [-0.1, -0.05) is 43.4 Å². The largest absolute Gasteiger partial charge is 0.484 e. The minimum Gasteiger partial charge on any atom is -0.484 e. The molecular weight excluding hydrogens is 279 g/mol. The lowest BCUT2D eigenvalue weighted by Gasteiger charge is -2.47. The Hall–Kier alpha value is -1.09. The molecule has 2 saturated carbocycles. The normalized spacial score (nSPS) is 25.1. The van der Waals surface area contributed by atoms with Crippen LogP contribution in [0, 0.1) is 11.2 Å². The number of hydrogen-bond donors (Lipinski definition) is 0. The van der Waals surface area contributed by atoms with Crippen LogP contribution in [-0.2, 0) is 4.79 Å². The number of halogens is 2. The zero-order valence-electron chi connectivity index (χ0n) is 11.3. The van der Waals surface area contributed by atoms with Gasteiger partial charge in [0.2, 0.25) is 0 Å². The molecular formula is C16H18ClFO2. The van der Waals surface area contributed by atoms with E-state index in [1.54, 1.807) is 12.1 Å². The van der Waals surface area contributed by atoms with E-state index in [9.17, 15) is 9.18 Å². The molecule has 0 radical (unpaired) electrons. The standard InChI is InChI=1S/C16H18ClFO2/c17-11-6-5-7-12(18)15(11)20-14-10-13(19)16(14)8-3-1-2-4-9-16/h5-7,14H,1-4,8-10H2. The molecule has 1 atom stereocenters. The van der Waals surface area contributed by atoms with Gasteiger partial charge in [0, 0.05) is 6.42 Å². The van der Waals surface area contributed by atoms with Gasteiger partial charge < -0.3 is 4.74 Å². The average molecular weight is 297 g/mol. The molecule has 20 heavy (non-hydrogen) atoms. The highest BCUT2D eigenvalue weighted by Crippen LogP contribution is 2.50. The molecule has 1 aromatic rings. The van der Waals surface area contributed by atoms with Crippen LogP contribution in [0.25, 0.3) is 0 Å². The average Bonchev–Trinajstić information content (AvgIpc) is 2.69. The second-order valence-electron chi connectivity index (χ2n) is 5.85. The minimum atomic E-state index is -0.458. The molecule has 0 aromatic heterocycles. The van der Waals surface area contributed by atoms with E-state index >= 15 is 0 Å². The van der Waals surface area contributed by atoms with Crippen LogP contribution in [0.3, 0.4) is 0 Å². The third-order valence-electron chi connectivity index (χ3n) is 4.72. The van der Waals surface area contributed by atoms with E-state index in [2.05, 4.69) is 0 Å². The number of para-hydroxylation sites is 1. The summed E-state index contributed by atoms with van der Waals surface area (Å²) in [6.07, 6.45) is 6.33. The highest BCUT2D eigenvalue weighted by atomic mass is 35.5. The molecule has 1 aromatic carbocycles. The van der Waals surface area contributed by atoms with Crippen molar-refractivity contribution in [2.45, 2.75) is 51.0 Å². The van der Waals surface area contributed by atoms with Gasteiger partial charge in [0.05, 0.1) is 10.4 Å². The SMILES string of the molecule is O=C1CC(Oc2c(F)cccc2Cl)C12CCCCCC2. The van der Waals surface area contributed by atoms with Crippen LogP contribution in [0.1, 0.15) is 44.9 Å². The molecule has 2 aliphatic rings. The number of benzene rings is 1. The van der Waals surface area contributed by atoms with Gasteiger partial charge >= 0.3 is 0 Å². The van der Waals surface area contributed by atoms with E-state index in [0.29, 0.717) is 6.42 Å². The lowest BCUT2D eigenvalue weighted by Crippen LogP contribution is -2.56. The van der Waals surface area contributed by atoms with Gasteiger partial charge in [-0.05, 0) is 25.0 Å². The topological polar surface area (TPSA) is 26.3 Å². The highest BCUT2D eigenvalue weighted by molar-refractivity contribution is 6.32. The Kier molecular flexibility index (Phi) is 3.72. The summed E-state index contributed by atoms with van der Waals surface area (Å²) in [5.41, 5.74) is -0.387. The maximum Gasteiger partial charge on any atom is 0.173 e. The molecule has 2 fully saturated rings. The third kappa shape index (κ3) is 2.22. The molecule has 0 bridgehead atoms. The summed E-state index contributed by atoms with van der Waals surface area (Å²) >= 11 is 6.00. The van der Waals surface area contributed by atoms with Gasteiger partial charge in [-0.3, -0.25) is 4.79 Å². The van der Waals surface area contributed by atoms with E-state index in [4.69, 9.17) is 16.3 Å². The summed E-state index contributed by atoms with van der Waals surface area (Å²) in [5, 5.41) is 0.271. The summed E-state index contributed by atoms with van der Waals surface area (Å²) in [5.74, 6) is -0.0900. The number of carbonyl (C=O) groups is 1. The monoisotopic (exact) mass is 296 g/mol. The first kappa shape index (κ1) is 13.9. The minimum absolute atomic E-state index is 0.0929. The van der Waals surface area contributed by atoms with Gasteiger partial charge in [-0.2, -0.15) is 0 Å².